The van der Waals surface area contributed by atoms with Crippen LogP contribution in [0.3, 0.4) is 0 Å². The molecule has 25 heavy (non-hydrogen) atoms. The minimum Gasteiger partial charge on any atom is -0.353 e. The Morgan fingerprint density at radius 3 is 2.20 bits per heavy atom. The number of piperazine rings is 1. The highest BCUT2D eigenvalue weighted by molar-refractivity contribution is 6.30. The summed E-state index contributed by atoms with van der Waals surface area (Å²) in [5, 5.41) is 0.721. The van der Waals surface area contributed by atoms with E-state index < -0.39 is 0 Å². The number of hydrogen-bond acceptors (Lipinski definition) is 5. The van der Waals surface area contributed by atoms with Gasteiger partial charge in [0.25, 0.3) is 0 Å². The predicted molar refractivity (Wildman–Crippen MR) is 101 cm³/mol. The van der Waals surface area contributed by atoms with Crippen molar-refractivity contribution in [3.63, 3.8) is 0 Å². The van der Waals surface area contributed by atoms with Gasteiger partial charge in [-0.3, -0.25) is 4.98 Å². The van der Waals surface area contributed by atoms with Gasteiger partial charge < -0.3 is 9.80 Å². The van der Waals surface area contributed by atoms with Gasteiger partial charge in [0.15, 0.2) is 0 Å². The van der Waals surface area contributed by atoms with Crippen molar-refractivity contribution in [2.24, 2.45) is 0 Å². The Bertz CT molecular complexity index is 830. The van der Waals surface area contributed by atoms with E-state index in [-0.39, 0.29) is 0 Å². The van der Waals surface area contributed by atoms with Crippen LogP contribution in [0.5, 0.6) is 0 Å². The number of halogens is 1. The van der Waals surface area contributed by atoms with Gasteiger partial charge in [-0.05, 0) is 24.3 Å². The standard InChI is InChI=1S/C19H18ClN5/c20-16-6-4-15(5-7-16)17-13-21-14-19(23-17)25-11-9-24(10-12-25)18-3-1-2-8-22-18/h1-8,13-14H,9-12H2. The molecule has 0 radical (unpaired) electrons. The van der Waals surface area contributed by atoms with E-state index in [0.29, 0.717) is 0 Å². The van der Waals surface area contributed by atoms with Crippen LogP contribution in [0.2, 0.25) is 5.02 Å². The molecule has 0 amide bonds. The fourth-order valence-electron chi connectivity index (χ4n) is 2.97. The van der Waals surface area contributed by atoms with Crippen LogP contribution in [0, 0.1) is 0 Å². The molecular weight excluding hydrogens is 334 g/mol. The number of benzene rings is 1. The summed E-state index contributed by atoms with van der Waals surface area (Å²) in [7, 11) is 0. The average molecular weight is 352 g/mol. The minimum absolute atomic E-state index is 0.721. The largest absolute Gasteiger partial charge is 0.353 e. The van der Waals surface area contributed by atoms with Gasteiger partial charge in [-0.2, -0.15) is 0 Å². The summed E-state index contributed by atoms with van der Waals surface area (Å²) in [5.74, 6) is 1.94. The molecule has 0 saturated carbocycles. The molecule has 0 aliphatic carbocycles. The van der Waals surface area contributed by atoms with E-state index >= 15 is 0 Å². The van der Waals surface area contributed by atoms with Crippen LogP contribution >= 0.6 is 11.6 Å². The highest BCUT2D eigenvalue weighted by atomic mass is 35.5. The molecule has 0 unspecified atom stereocenters. The van der Waals surface area contributed by atoms with Gasteiger partial charge in [-0.25, -0.2) is 9.97 Å². The molecule has 3 heterocycles. The fraction of sp³-hybridized carbons (Fsp3) is 0.211. The van der Waals surface area contributed by atoms with Crippen LogP contribution in [0.4, 0.5) is 11.6 Å². The number of anilines is 2. The lowest BCUT2D eigenvalue weighted by molar-refractivity contribution is 0.641. The fourth-order valence-corrected chi connectivity index (χ4v) is 3.10. The van der Waals surface area contributed by atoms with E-state index in [9.17, 15) is 0 Å². The van der Waals surface area contributed by atoms with Crippen molar-refractivity contribution in [2.45, 2.75) is 0 Å². The number of nitrogens with zero attached hydrogens (tertiary/aromatic N) is 5. The molecule has 2 aromatic heterocycles. The first-order valence-electron chi connectivity index (χ1n) is 8.28. The topological polar surface area (TPSA) is 45.2 Å². The zero-order chi connectivity index (χ0) is 17.1. The molecule has 1 aromatic carbocycles. The van der Waals surface area contributed by atoms with Crippen molar-refractivity contribution in [3.05, 3.63) is 66.1 Å². The maximum Gasteiger partial charge on any atom is 0.147 e. The summed E-state index contributed by atoms with van der Waals surface area (Å²) >= 11 is 5.96. The Balaban J connectivity index is 1.48. The van der Waals surface area contributed by atoms with Gasteiger partial charge in [0.05, 0.1) is 18.1 Å². The summed E-state index contributed by atoms with van der Waals surface area (Å²) in [6.45, 7) is 3.64. The van der Waals surface area contributed by atoms with E-state index in [1.54, 1.807) is 6.20 Å². The van der Waals surface area contributed by atoms with Crippen LogP contribution in [0.15, 0.2) is 61.1 Å². The third-order valence-corrected chi connectivity index (χ3v) is 4.59. The molecule has 0 bridgehead atoms. The van der Waals surface area contributed by atoms with Gasteiger partial charge in [0.1, 0.15) is 11.6 Å². The highest BCUT2D eigenvalue weighted by Crippen LogP contribution is 2.22. The zero-order valence-corrected chi connectivity index (χ0v) is 14.5. The second-order valence-corrected chi connectivity index (χ2v) is 6.37. The number of rotatable bonds is 3. The van der Waals surface area contributed by atoms with E-state index in [4.69, 9.17) is 16.6 Å². The normalized spacial score (nSPS) is 14.6. The molecule has 5 nitrogen and oxygen atoms in total. The molecule has 0 atom stereocenters. The van der Waals surface area contributed by atoms with Crippen LogP contribution in [0.25, 0.3) is 11.3 Å². The maximum absolute atomic E-state index is 5.96. The van der Waals surface area contributed by atoms with E-state index in [1.165, 1.54) is 0 Å². The van der Waals surface area contributed by atoms with Gasteiger partial charge in [-0.1, -0.05) is 29.8 Å². The summed E-state index contributed by atoms with van der Waals surface area (Å²) in [6.07, 6.45) is 5.45. The lowest BCUT2D eigenvalue weighted by Crippen LogP contribution is -2.47. The Hall–Kier alpha value is -2.66. The van der Waals surface area contributed by atoms with Crippen molar-refractivity contribution < 1.29 is 0 Å². The smallest absolute Gasteiger partial charge is 0.147 e. The zero-order valence-electron chi connectivity index (χ0n) is 13.7. The number of pyridine rings is 1. The van der Waals surface area contributed by atoms with Gasteiger partial charge >= 0.3 is 0 Å². The monoisotopic (exact) mass is 351 g/mol. The van der Waals surface area contributed by atoms with E-state index in [2.05, 4.69) is 25.8 Å². The first kappa shape index (κ1) is 15.8. The number of aromatic nitrogens is 3. The molecule has 1 saturated heterocycles. The molecular formula is C19H18ClN5. The second kappa shape index (κ2) is 7.07. The molecule has 3 aromatic rings. The van der Waals surface area contributed by atoms with Gasteiger partial charge in [-0.15, -0.1) is 0 Å². The van der Waals surface area contributed by atoms with Crippen LogP contribution in [0.1, 0.15) is 0 Å². The Kier molecular flexibility index (Phi) is 4.48. The van der Waals surface area contributed by atoms with Crippen molar-refractivity contribution in [1.29, 1.82) is 0 Å². The quantitative estimate of drug-likeness (QED) is 0.722. The summed E-state index contributed by atoms with van der Waals surface area (Å²) in [6, 6.07) is 13.7. The van der Waals surface area contributed by atoms with Crippen molar-refractivity contribution in [1.82, 2.24) is 15.0 Å². The molecule has 1 aliphatic heterocycles. The maximum atomic E-state index is 5.96. The first-order valence-corrected chi connectivity index (χ1v) is 8.66. The van der Waals surface area contributed by atoms with E-state index in [1.807, 2.05) is 48.8 Å². The molecule has 1 fully saturated rings. The van der Waals surface area contributed by atoms with Crippen molar-refractivity contribution in [2.75, 3.05) is 36.0 Å². The van der Waals surface area contributed by atoms with E-state index in [0.717, 1.165) is 54.1 Å². The Morgan fingerprint density at radius 2 is 1.52 bits per heavy atom. The van der Waals surface area contributed by atoms with Gasteiger partial charge in [0, 0.05) is 43.0 Å². The average Bonchev–Trinajstić information content (AvgIpc) is 2.69. The lowest BCUT2D eigenvalue weighted by Gasteiger charge is -2.35. The third-order valence-electron chi connectivity index (χ3n) is 4.34. The van der Waals surface area contributed by atoms with Crippen LogP contribution in [-0.4, -0.2) is 41.1 Å². The minimum atomic E-state index is 0.721. The highest BCUT2D eigenvalue weighted by Gasteiger charge is 2.19. The summed E-state index contributed by atoms with van der Waals surface area (Å²) in [5.41, 5.74) is 1.88. The lowest BCUT2D eigenvalue weighted by atomic mass is 10.2. The molecule has 6 heteroatoms. The Labute approximate surface area is 151 Å². The van der Waals surface area contributed by atoms with Crippen molar-refractivity contribution in [3.8, 4) is 11.3 Å². The molecule has 4 rings (SSSR count). The molecule has 0 spiro atoms. The summed E-state index contributed by atoms with van der Waals surface area (Å²) < 4.78 is 0. The predicted octanol–water partition coefficient (Wildman–Crippen LogP) is 3.52. The molecule has 126 valence electrons. The SMILES string of the molecule is Clc1ccc(-c2cncc(N3CCN(c4ccccn4)CC3)n2)cc1. The Morgan fingerprint density at radius 1 is 0.800 bits per heavy atom. The molecule has 0 N–H and O–H groups in total. The van der Waals surface area contributed by atoms with Crippen molar-refractivity contribution >= 4 is 23.2 Å². The van der Waals surface area contributed by atoms with Crippen LogP contribution in [-0.2, 0) is 0 Å². The molecule has 1 aliphatic rings. The first-order chi connectivity index (χ1) is 12.3. The third kappa shape index (κ3) is 3.56. The van der Waals surface area contributed by atoms with Crippen LogP contribution < -0.4 is 9.80 Å². The van der Waals surface area contributed by atoms with Gasteiger partial charge in [0.2, 0.25) is 0 Å². The number of hydrogen-bond donors (Lipinski definition) is 0. The second-order valence-electron chi connectivity index (χ2n) is 5.93. The summed E-state index contributed by atoms with van der Waals surface area (Å²) in [4.78, 5) is 18.2.